The zero-order chi connectivity index (χ0) is 30.6. The molecule has 0 aromatic rings. The highest BCUT2D eigenvalue weighted by atomic mass is 16.3. The molecule has 11 heteroatoms. The fourth-order valence-corrected chi connectivity index (χ4v) is 4.04. The molecule has 11 nitrogen and oxygen atoms in total. The number of urea groups is 1. The largest absolute Gasteiger partial charge is 0.483 e. The molecule has 2 saturated heterocycles. The quantitative estimate of drug-likeness (QED) is 0.275. The Hall–Kier alpha value is -2.87. The van der Waals surface area contributed by atoms with Gasteiger partial charge in [0.2, 0.25) is 11.8 Å². The van der Waals surface area contributed by atoms with Gasteiger partial charge in [0, 0.05) is 31.6 Å². The topological polar surface area (TPSA) is 155 Å². The van der Waals surface area contributed by atoms with Gasteiger partial charge >= 0.3 is 6.03 Å². The van der Waals surface area contributed by atoms with Gasteiger partial charge in [-0.25, -0.2) is 10.2 Å². The van der Waals surface area contributed by atoms with Crippen LogP contribution in [0.1, 0.15) is 101 Å². The van der Waals surface area contributed by atoms with E-state index in [4.69, 9.17) is 15.2 Å². The van der Waals surface area contributed by atoms with E-state index in [2.05, 4.69) is 50.7 Å². The third kappa shape index (κ3) is 16.6. The second-order valence-electron chi connectivity index (χ2n) is 11.1. The highest BCUT2D eigenvalue weighted by Gasteiger charge is 2.44. The lowest BCUT2D eigenvalue weighted by atomic mass is 9.88. The number of likely N-dealkylation sites (tertiary alicyclic amines) is 1. The van der Waals surface area contributed by atoms with Crippen molar-refractivity contribution >= 4 is 24.3 Å². The summed E-state index contributed by atoms with van der Waals surface area (Å²) >= 11 is 0. The van der Waals surface area contributed by atoms with Crippen molar-refractivity contribution in [2.75, 3.05) is 19.6 Å². The van der Waals surface area contributed by atoms with E-state index >= 15 is 0 Å². The van der Waals surface area contributed by atoms with Crippen LogP contribution in [-0.2, 0) is 14.4 Å². The first-order valence-electron chi connectivity index (χ1n) is 14.1. The van der Waals surface area contributed by atoms with Gasteiger partial charge in [-0.05, 0) is 58.8 Å². The van der Waals surface area contributed by atoms with Crippen molar-refractivity contribution in [2.24, 2.45) is 11.8 Å². The molecule has 2 rings (SSSR count). The van der Waals surface area contributed by atoms with Gasteiger partial charge in [-0.2, -0.15) is 5.26 Å². The van der Waals surface area contributed by atoms with Crippen molar-refractivity contribution < 1.29 is 24.3 Å². The highest BCUT2D eigenvalue weighted by molar-refractivity contribution is 5.88. The third-order valence-corrected chi connectivity index (χ3v) is 5.71. The van der Waals surface area contributed by atoms with E-state index in [1.54, 1.807) is 16.8 Å². The summed E-state index contributed by atoms with van der Waals surface area (Å²) in [5.41, 5.74) is 3.02. The minimum atomic E-state index is -0.577. The van der Waals surface area contributed by atoms with E-state index in [1.807, 2.05) is 26.8 Å². The summed E-state index contributed by atoms with van der Waals surface area (Å²) in [6, 6.07) is 0.751. The molecule has 39 heavy (non-hydrogen) atoms. The lowest BCUT2D eigenvalue weighted by Gasteiger charge is -2.37. The highest BCUT2D eigenvalue weighted by Crippen LogP contribution is 2.31. The number of rotatable bonds is 7. The molecule has 2 aliphatic rings. The number of hydrazine groups is 1. The van der Waals surface area contributed by atoms with Gasteiger partial charge < -0.3 is 20.6 Å². The summed E-state index contributed by atoms with van der Waals surface area (Å²) in [6.07, 6.45) is 5.67. The number of unbranched alkanes of at least 4 members (excludes halogenated alkanes) is 1. The Morgan fingerprint density at radius 3 is 2.18 bits per heavy atom. The van der Waals surface area contributed by atoms with E-state index in [1.165, 1.54) is 6.42 Å². The van der Waals surface area contributed by atoms with Crippen molar-refractivity contribution in [1.29, 1.82) is 5.26 Å². The first-order chi connectivity index (χ1) is 18.2. The molecule has 226 valence electrons. The minimum Gasteiger partial charge on any atom is -0.483 e. The van der Waals surface area contributed by atoms with Crippen LogP contribution in [-0.4, -0.2) is 76.6 Å². The number of hydrogen-bond acceptors (Lipinski definition) is 6. The summed E-state index contributed by atoms with van der Waals surface area (Å²) < 4.78 is 0. The maximum absolute atomic E-state index is 13.3. The minimum absolute atomic E-state index is 0.0857. The van der Waals surface area contributed by atoms with E-state index in [-0.39, 0.29) is 41.7 Å². The Morgan fingerprint density at radius 2 is 1.82 bits per heavy atom. The van der Waals surface area contributed by atoms with Crippen molar-refractivity contribution in [2.45, 2.75) is 118 Å². The Bertz CT molecular complexity index is 755. The number of carbonyl (C=O) groups is 4. The lowest BCUT2D eigenvalue weighted by molar-refractivity contribution is -0.127. The molecule has 0 saturated carbocycles. The van der Waals surface area contributed by atoms with Crippen molar-refractivity contribution in [3.8, 4) is 6.07 Å². The first kappa shape index (κ1) is 38.3. The van der Waals surface area contributed by atoms with Gasteiger partial charge in [0.25, 0.3) is 6.47 Å². The number of hydrogen-bond donors (Lipinski definition) is 4. The van der Waals surface area contributed by atoms with Crippen LogP contribution in [0.5, 0.6) is 0 Å². The molecule has 0 aromatic carbocycles. The van der Waals surface area contributed by atoms with E-state index in [9.17, 15) is 14.4 Å². The predicted molar refractivity (Wildman–Crippen MR) is 153 cm³/mol. The lowest BCUT2D eigenvalue weighted by Crippen LogP contribution is -2.59. The number of nitriles is 1. The summed E-state index contributed by atoms with van der Waals surface area (Å²) in [4.78, 5) is 46.4. The molecule has 0 bridgehead atoms. The van der Waals surface area contributed by atoms with Crippen LogP contribution < -0.4 is 16.1 Å². The fraction of sp³-hybridized carbons (Fsp3) is 0.821. The van der Waals surface area contributed by atoms with Crippen LogP contribution in [0.2, 0.25) is 0 Å². The smallest absolute Gasteiger partial charge is 0.335 e. The Labute approximate surface area is 236 Å². The molecule has 0 aromatic heterocycles. The van der Waals surface area contributed by atoms with Crippen molar-refractivity contribution in [3.05, 3.63) is 0 Å². The molecule has 4 N–H and O–H groups in total. The van der Waals surface area contributed by atoms with Crippen LogP contribution in [0.3, 0.4) is 0 Å². The van der Waals surface area contributed by atoms with Crippen LogP contribution in [0.4, 0.5) is 4.79 Å². The Balaban J connectivity index is 0. The Morgan fingerprint density at radius 1 is 1.26 bits per heavy atom. The summed E-state index contributed by atoms with van der Waals surface area (Å²) in [5.74, 6) is 0.327. The SMILES string of the molecule is CCC.CCCCN(NC(C)(C)C)C(=O)N1CC[C@H](C(C)C)C1C(=O)NC(C)C#N.O=C1CCCN1.O=CO. The predicted octanol–water partition coefficient (Wildman–Crippen LogP) is 3.90. The van der Waals surface area contributed by atoms with Gasteiger partial charge in [-0.3, -0.25) is 19.4 Å². The van der Waals surface area contributed by atoms with E-state index < -0.39 is 12.1 Å². The molecular formula is C28H54N6O5. The molecule has 0 aliphatic carbocycles. The van der Waals surface area contributed by atoms with Crippen LogP contribution >= 0.6 is 0 Å². The maximum atomic E-state index is 13.3. The molecule has 0 spiro atoms. The Kier molecular flexibility index (Phi) is 20.6. The fourth-order valence-electron chi connectivity index (χ4n) is 4.04. The molecule has 4 amide bonds. The number of carbonyl (C=O) groups excluding carboxylic acids is 3. The second-order valence-corrected chi connectivity index (χ2v) is 11.1. The number of amides is 4. The van der Waals surface area contributed by atoms with Crippen molar-refractivity contribution in [1.82, 2.24) is 26.0 Å². The molecule has 3 atom stereocenters. The normalized spacial score (nSPS) is 18.6. The maximum Gasteiger partial charge on any atom is 0.335 e. The molecule has 2 aliphatic heterocycles. The molecular weight excluding hydrogens is 500 g/mol. The summed E-state index contributed by atoms with van der Waals surface area (Å²) in [7, 11) is 0. The van der Waals surface area contributed by atoms with Gasteiger partial charge in [-0.15, -0.1) is 0 Å². The van der Waals surface area contributed by atoms with Crippen LogP contribution in [0.15, 0.2) is 0 Å². The van der Waals surface area contributed by atoms with Crippen molar-refractivity contribution in [3.63, 3.8) is 0 Å². The first-order valence-corrected chi connectivity index (χ1v) is 14.1. The number of nitrogens with one attached hydrogen (secondary N) is 3. The molecule has 2 heterocycles. The van der Waals surface area contributed by atoms with Gasteiger partial charge in [0.05, 0.1) is 6.07 Å². The monoisotopic (exact) mass is 554 g/mol. The molecule has 0 radical (unpaired) electrons. The zero-order valence-corrected chi connectivity index (χ0v) is 25.7. The molecule has 2 fully saturated rings. The number of nitrogens with zero attached hydrogens (tertiary/aromatic N) is 3. The van der Waals surface area contributed by atoms with Gasteiger partial charge in [-0.1, -0.05) is 47.5 Å². The molecule has 2 unspecified atom stereocenters. The van der Waals surface area contributed by atoms with Crippen LogP contribution in [0, 0.1) is 23.2 Å². The summed E-state index contributed by atoms with van der Waals surface area (Å²) in [6.45, 7) is 20.0. The summed E-state index contributed by atoms with van der Waals surface area (Å²) in [5, 5.41) is 23.0. The van der Waals surface area contributed by atoms with E-state index in [0.717, 1.165) is 38.6 Å². The van der Waals surface area contributed by atoms with Gasteiger partial charge in [0.1, 0.15) is 12.1 Å². The zero-order valence-electron chi connectivity index (χ0n) is 25.7. The third-order valence-electron chi connectivity index (χ3n) is 5.71. The average Bonchev–Trinajstić information content (AvgIpc) is 3.51. The second kappa shape index (κ2) is 21.0. The van der Waals surface area contributed by atoms with E-state index in [0.29, 0.717) is 13.1 Å². The number of carboxylic acid groups (broad SMARTS) is 1. The van der Waals surface area contributed by atoms with Crippen LogP contribution in [0.25, 0.3) is 0 Å². The standard InChI is InChI=1S/C20H37N5O2.C4H7NO.C3H8.CH2O2/c1-8-9-11-25(23-20(5,6)7)19(27)24-12-10-16(14(2)3)17(24)18(26)22-15(4)13-21;6-4-2-1-3-5-4;1-3-2;2-1-3/h14-17,23H,8-12H2,1-7H3,(H,22,26);1-3H2,(H,5,6);3H2,1-2H3;1H,(H,2,3)/t15?,16-,17?;;;/m1.../s1. The van der Waals surface area contributed by atoms with Gasteiger partial charge in [0.15, 0.2) is 0 Å². The average molecular weight is 555 g/mol.